The maximum Gasteiger partial charge on any atom is 0.257 e. The van der Waals surface area contributed by atoms with Crippen LogP contribution in [-0.2, 0) is 0 Å². The van der Waals surface area contributed by atoms with Gasteiger partial charge in [0.05, 0.1) is 6.04 Å². The molecule has 0 unspecified atom stereocenters. The van der Waals surface area contributed by atoms with Crippen molar-refractivity contribution in [1.82, 2.24) is 10.3 Å². The second kappa shape index (κ2) is 7.59. The third kappa shape index (κ3) is 4.01. The Labute approximate surface area is 152 Å². The molecule has 24 heavy (non-hydrogen) atoms. The lowest BCUT2D eigenvalue weighted by Gasteiger charge is -2.14. The van der Waals surface area contributed by atoms with Crippen molar-refractivity contribution < 1.29 is 9.53 Å². The zero-order chi connectivity index (χ0) is 16.9. The van der Waals surface area contributed by atoms with Crippen molar-refractivity contribution in [1.29, 1.82) is 0 Å². The summed E-state index contributed by atoms with van der Waals surface area (Å²) in [5.41, 5.74) is 0.404. The molecule has 0 aliphatic rings. The molecule has 3 rings (SSSR count). The first kappa shape index (κ1) is 16.7. The number of halogens is 1. The summed E-state index contributed by atoms with van der Waals surface area (Å²) in [5, 5.41) is 4.97. The molecule has 2 heterocycles. The number of pyridine rings is 1. The smallest absolute Gasteiger partial charge is 0.257 e. The van der Waals surface area contributed by atoms with Crippen LogP contribution in [0.1, 0.15) is 28.2 Å². The lowest BCUT2D eigenvalue weighted by Crippen LogP contribution is -2.26. The van der Waals surface area contributed by atoms with Gasteiger partial charge in [0.2, 0.25) is 5.88 Å². The Morgan fingerprint density at radius 3 is 2.88 bits per heavy atom. The Morgan fingerprint density at radius 2 is 2.12 bits per heavy atom. The quantitative estimate of drug-likeness (QED) is 0.638. The molecule has 1 amide bonds. The number of carbonyl (C=O) groups excluding carboxylic acids is 1. The van der Waals surface area contributed by atoms with Crippen LogP contribution in [0.5, 0.6) is 11.6 Å². The average molecular weight is 403 g/mol. The third-order valence-electron chi connectivity index (χ3n) is 3.34. The molecular formula is C18H15BrN2O2S. The van der Waals surface area contributed by atoms with Crippen LogP contribution >= 0.6 is 27.3 Å². The number of thiophene rings is 1. The van der Waals surface area contributed by atoms with Gasteiger partial charge in [-0.05, 0) is 48.7 Å². The van der Waals surface area contributed by atoms with Crippen LogP contribution < -0.4 is 10.1 Å². The van der Waals surface area contributed by atoms with Crippen molar-refractivity contribution in [2.75, 3.05) is 0 Å². The molecule has 6 heteroatoms. The standard InChI is InChI=1S/C18H15BrN2O2S/c1-12(16-8-4-10-24-16)21-17(22)15-7-3-9-20-18(15)23-14-6-2-5-13(19)11-14/h2-12H,1H3,(H,21,22)/t12-/m0/s1. The van der Waals surface area contributed by atoms with Gasteiger partial charge in [-0.1, -0.05) is 28.1 Å². The van der Waals surface area contributed by atoms with Crippen molar-refractivity contribution >= 4 is 33.2 Å². The normalized spacial score (nSPS) is 11.8. The minimum absolute atomic E-state index is 0.0728. The van der Waals surface area contributed by atoms with Crippen molar-refractivity contribution in [3.8, 4) is 11.6 Å². The third-order valence-corrected chi connectivity index (χ3v) is 4.89. The van der Waals surface area contributed by atoms with Crippen LogP contribution in [0, 0.1) is 0 Å². The summed E-state index contributed by atoms with van der Waals surface area (Å²) >= 11 is 5.01. The molecule has 1 atom stereocenters. The molecule has 0 saturated carbocycles. The zero-order valence-corrected chi connectivity index (χ0v) is 15.3. The van der Waals surface area contributed by atoms with Gasteiger partial charge in [-0.3, -0.25) is 4.79 Å². The van der Waals surface area contributed by atoms with E-state index in [4.69, 9.17) is 4.74 Å². The second-order valence-corrected chi connectivity index (χ2v) is 7.02. The first-order valence-corrected chi connectivity index (χ1v) is 9.03. The Morgan fingerprint density at radius 1 is 1.25 bits per heavy atom. The molecule has 3 aromatic rings. The number of benzene rings is 1. The van der Waals surface area contributed by atoms with Gasteiger partial charge in [-0.15, -0.1) is 11.3 Å². The monoisotopic (exact) mass is 402 g/mol. The fourth-order valence-corrected chi connectivity index (χ4v) is 3.28. The van der Waals surface area contributed by atoms with Gasteiger partial charge in [-0.2, -0.15) is 0 Å². The number of aromatic nitrogens is 1. The summed E-state index contributed by atoms with van der Waals surface area (Å²) in [7, 11) is 0. The summed E-state index contributed by atoms with van der Waals surface area (Å²) in [4.78, 5) is 17.9. The van der Waals surface area contributed by atoms with Gasteiger partial charge >= 0.3 is 0 Å². The first-order valence-electron chi connectivity index (χ1n) is 7.36. The van der Waals surface area contributed by atoms with E-state index in [2.05, 4.69) is 26.2 Å². The molecule has 4 nitrogen and oxygen atoms in total. The SMILES string of the molecule is C[C@H](NC(=O)c1cccnc1Oc1cccc(Br)c1)c1cccs1. The lowest BCUT2D eigenvalue weighted by atomic mass is 10.2. The van der Waals surface area contributed by atoms with Crippen molar-refractivity contribution in [2.24, 2.45) is 0 Å². The molecular weight excluding hydrogens is 388 g/mol. The molecule has 0 bridgehead atoms. The van der Waals surface area contributed by atoms with Crippen LogP contribution in [0.15, 0.2) is 64.6 Å². The minimum atomic E-state index is -0.214. The Balaban J connectivity index is 1.79. The molecule has 2 aromatic heterocycles. The summed E-state index contributed by atoms with van der Waals surface area (Å²) in [6.07, 6.45) is 1.60. The van der Waals surface area contributed by atoms with Crippen molar-refractivity contribution in [3.63, 3.8) is 0 Å². The number of rotatable bonds is 5. The second-order valence-electron chi connectivity index (χ2n) is 5.13. The largest absolute Gasteiger partial charge is 0.438 e. The molecule has 0 radical (unpaired) electrons. The van der Waals surface area contributed by atoms with Gasteiger partial charge in [0, 0.05) is 15.5 Å². The van der Waals surface area contributed by atoms with E-state index in [-0.39, 0.29) is 17.8 Å². The average Bonchev–Trinajstić information content (AvgIpc) is 3.10. The molecule has 0 spiro atoms. The topological polar surface area (TPSA) is 51.2 Å². The number of nitrogens with zero attached hydrogens (tertiary/aromatic N) is 1. The number of hydrogen-bond acceptors (Lipinski definition) is 4. The predicted octanol–water partition coefficient (Wildman–Crippen LogP) is 5.19. The first-order chi connectivity index (χ1) is 11.6. The van der Waals surface area contributed by atoms with Gasteiger partial charge in [0.25, 0.3) is 5.91 Å². The molecule has 0 aliphatic heterocycles. The van der Waals surface area contributed by atoms with E-state index in [0.717, 1.165) is 9.35 Å². The number of hydrogen-bond donors (Lipinski definition) is 1. The summed E-state index contributed by atoms with van der Waals surface area (Å²) < 4.78 is 6.68. The Kier molecular flexibility index (Phi) is 5.27. The maximum absolute atomic E-state index is 12.6. The summed E-state index contributed by atoms with van der Waals surface area (Å²) in [6.45, 7) is 1.95. The predicted molar refractivity (Wildman–Crippen MR) is 98.7 cm³/mol. The number of carbonyl (C=O) groups is 1. The fourth-order valence-electron chi connectivity index (χ4n) is 2.17. The fraction of sp³-hybridized carbons (Fsp3) is 0.111. The Hall–Kier alpha value is -2.18. The highest BCUT2D eigenvalue weighted by molar-refractivity contribution is 9.10. The van der Waals surface area contributed by atoms with Crippen LogP contribution in [-0.4, -0.2) is 10.9 Å². The highest BCUT2D eigenvalue weighted by Gasteiger charge is 2.17. The lowest BCUT2D eigenvalue weighted by molar-refractivity contribution is 0.0937. The highest BCUT2D eigenvalue weighted by atomic mass is 79.9. The molecule has 0 fully saturated rings. The number of ether oxygens (including phenoxy) is 1. The van der Waals surface area contributed by atoms with Crippen molar-refractivity contribution in [3.05, 3.63) is 75.0 Å². The van der Waals surface area contributed by atoms with Crippen LogP contribution in [0.3, 0.4) is 0 Å². The molecule has 1 aromatic carbocycles. The van der Waals surface area contributed by atoms with E-state index in [1.165, 1.54) is 0 Å². The maximum atomic E-state index is 12.6. The van der Waals surface area contributed by atoms with Gasteiger partial charge in [0.15, 0.2) is 0 Å². The summed E-state index contributed by atoms with van der Waals surface area (Å²) in [5.74, 6) is 0.684. The Bertz CT molecular complexity index is 837. The van der Waals surface area contributed by atoms with E-state index >= 15 is 0 Å². The molecule has 0 aliphatic carbocycles. The minimum Gasteiger partial charge on any atom is -0.438 e. The van der Waals surface area contributed by atoms with Crippen LogP contribution in [0.2, 0.25) is 0 Å². The molecule has 0 saturated heterocycles. The molecule has 1 N–H and O–H groups in total. The van der Waals surface area contributed by atoms with E-state index in [9.17, 15) is 4.79 Å². The van der Waals surface area contributed by atoms with E-state index in [1.54, 1.807) is 29.7 Å². The number of nitrogens with one attached hydrogen (secondary N) is 1. The van der Waals surface area contributed by atoms with Gasteiger partial charge in [-0.25, -0.2) is 4.98 Å². The zero-order valence-electron chi connectivity index (χ0n) is 12.9. The number of amides is 1. The van der Waals surface area contributed by atoms with Crippen LogP contribution in [0.4, 0.5) is 0 Å². The van der Waals surface area contributed by atoms with Gasteiger partial charge < -0.3 is 10.1 Å². The van der Waals surface area contributed by atoms with E-state index in [1.807, 2.05) is 48.7 Å². The van der Waals surface area contributed by atoms with E-state index in [0.29, 0.717) is 11.3 Å². The van der Waals surface area contributed by atoms with E-state index < -0.39 is 0 Å². The van der Waals surface area contributed by atoms with Crippen LogP contribution in [0.25, 0.3) is 0 Å². The molecule has 122 valence electrons. The summed E-state index contributed by atoms with van der Waals surface area (Å²) in [6, 6.07) is 14.7. The van der Waals surface area contributed by atoms with Crippen molar-refractivity contribution in [2.45, 2.75) is 13.0 Å². The highest BCUT2D eigenvalue weighted by Crippen LogP contribution is 2.26. The van der Waals surface area contributed by atoms with Gasteiger partial charge in [0.1, 0.15) is 11.3 Å².